The van der Waals surface area contributed by atoms with E-state index in [1.807, 2.05) is 0 Å². The maximum Gasteiger partial charge on any atom is 0.246 e. The molecule has 7 heavy (non-hydrogen) atoms. The molecule has 0 aromatic heterocycles. The van der Waals surface area contributed by atoms with E-state index in [9.17, 15) is 4.79 Å². The highest BCUT2D eigenvalue weighted by Gasteiger charge is 2.14. The molecule has 0 atom stereocenters. The summed E-state index contributed by atoms with van der Waals surface area (Å²) in [6.45, 7) is 0. The van der Waals surface area contributed by atoms with Gasteiger partial charge in [0, 0.05) is 0 Å². The highest BCUT2D eigenvalue weighted by Crippen LogP contribution is 2.12. The minimum absolute atomic E-state index is 0.227. The molecule has 2 nitrogen and oxygen atoms in total. The van der Waals surface area contributed by atoms with Gasteiger partial charge in [-0.1, -0.05) is 24.0 Å². The number of thiocarbonyl (C=S) groups is 1. The molecule has 1 N–H and O–H groups in total. The smallest absolute Gasteiger partial charge is 0.246 e. The number of nitrogens with one attached hydrogen (secondary N) is 1. The van der Waals surface area contributed by atoms with E-state index in [1.165, 1.54) is 0 Å². The van der Waals surface area contributed by atoms with Crippen molar-refractivity contribution in [1.82, 2.24) is 5.32 Å². The lowest BCUT2D eigenvalue weighted by molar-refractivity contribution is -0.115. The van der Waals surface area contributed by atoms with Gasteiger partial charge in [-0.15, -0.1) is 0 Å². The lowest BCUT2D eigenvalue weighted by Crippen LogP contribution is -2.16. The molecule has 1 aliphatic heterocycles. The van der Waals surface area contributed by atoms with E-state index in [1.54, 1.807) is 0 Å². The van der Waals surface area contributed by atoms with Crippen molar-refractivity contribution in [1.29, 1.82) is 0 Å². The Morgan fingerprint density at radius 1 is 1.86 bits per heavy atom. The van der Waals surface area contributed by atoms with Gasteiger partial charge in [0.05, 0.1) is 0 Å². The summed E-state index contributed by atoms with van der Waals surface area (Å²) in [5.41, 5.74) is 0. The summed E-state index contributed by atoms with van der Waals surface area (Å²) in [7, 11) is 0. The summed E-state index contributed by atoms with van der Waals surface area (Å²) in [5, 5.41) is 2.36. The van der Waals surface area contributed by atoms with Crippen LogP contribution in [0.2, 0.25) is 0 Å². The number of thioether (sulfide) groups is 1. The molecule has 1 saturated heterocycles. The Morgan fingerprint density at radius 2 is 2.57 bits per heavy atom. The zero-order valence-electron chi connectivity index (χ0n) is 3.22. The number of hydrogen-bond donors (Lipinski definition) is 1. The average molecular weight is 131 g/mol. The predicted molar refractivity (Wildman–Crippen MR) is 31.6 cm³/mol. The first-order valence-electron chi connectivity index (χ1n) is 1.57. The van der Waals surface area contributed by atoms with E-state index in [0.717, 1.165) is 11.8 Å². The van der Waals surface area contributed by atoms with Gasteiger partial charge in [-0.25, -0.2) is 0 Å². The van der Waals surface area contributed by atoms with Gasteiger partial charge < -0.3 is 5.32 Å². The third-order valence-corrected chi connectivity index (χ3v) is 1.38. The van der Waals surface area contributed by atoms with Gasteiger partial charge in [0.2, 0.25) is 5.91 Å². The van der Waals surface area contributed by atoms with Crippen LogP contribution in [-0.4, -0.2) is 10.2 Å². The maximum atomic E-state index is 10.1. The minimum atomic E-state index is -0.227. The standard InChI is InChI=1S/C3HNOS2/c5-2-1-7-3(6)4-2/h(H,4,5,6). The Labute approximate surface area is 50.7 Å². The number of hydrogen-bond acceptors (Lipinski definition) is 3. The summed E-state index contributed by atoms with van der Waals surface area (Å²) >= 11 is 5.69. The van der Waals surface area contributed by atoms with Crippen molar-refractivity contribution in [3.63, 3.8) is 0 Å². The molecule has 4 heteroatoms. The molecule has 2 radical (unpaired) electrons. The van der Waals surface area contributed by atoms with E-state index in [2.05, 4.69) is 23.3 Å². The van der Waals surface area contributed by atoms with Crippen molar-refractivity contribution in [2.75, 3.05) is 0 Å². The fourth-order valence-electron chi connectivity index (χ4n) is 0.236. The van der Waals surface area contributed by atoms with E-state index in [-0.39, 0.29) is 5.91 Å². The molecule has 0 aromatic rings. The van der Waals surface area contributed by atoms with Crippen LogP contribution in [0.1, 0.15) is 0 Å². The number of rotatable bonds is 0. The third-order valence-electron chi connectivity index (χ3n) is 0.452. The zero-order chi connectivity index (χ0) is 5.28. The summed E-state index contributed by atoms with van der Waals surface area (Å²) < 4.78 is 0.491. The average Bonchev–Trinajstić information content (AvgIpc) is 1.87. The minimum Gasteiger partial charge on any atom is -0.310 e. The topological polar surface area (TPSA) is 29.1 Å². The van der Waals surface area contributed by atoms with Crippen LogP contribution in [-0.2, 0) is 4.79 Å². The van der Waals surface area contributed by atoms with Crippen molar-refractivity contribution < 1.29 is 4.79 Å². The molecule has 0 aliphatic carbocycles. The first-order valence-corrected chi connectivity index (χ1v) is 2.79. The van der Waals surface area contributed by atoms with Crippen LogP contribution < -0.4 is 5.32 Å². The van der Waals surface area contributed by atoms with Crippen molar-refractivity contribution in [3.8, 4) is 0 Å². The maximum absolute atomic E-state index is 10.1. The second-order valence-electron chi connectivity index (χ2n) is 0.946. The van der Waals surface area contributed by atoms with E-state index < -0.39 is 0 Å². The van der Waals surface area contributed by atoms with Crippen LogP contribution in [0.25, 0.3) is 0 Å². The van der Waals surface area contributed by atoms with Crippen LogP contribution in [0, 0.1) is 5.75 Å². The van der Waals surface area contributed by atoms with Crippen molar-refractivity contribution in [2.24, 2.45) is 0 Å². The second kappa shape index (κ2) is 1.79. The molecular weight excluding hydrogens is 130 g/mol. The van der Waals surface area contributed by atoms with Crippen LogP contribution in [0.4, 0.5) is 0 Å². The van der Waals surface area contributed by atoms with Crippen molar-refractivity contribution in [3.05, 3.63) is 5.75 Å². The van der Waals surface area contributed by atoms with Gasteiger partial charge in [-0.05, 0) is 0 Å². The quantitative estimate of drug-likeness (QED) is 0.475. The summed E-state index contributed by atoms with van der Waals surface area (Å²) in [6, 6.07) is 0. The highest BCUT2D eigenvalue weighted by atomic mass is 32.2. The fourth-order valence-corrected chi connectivity index (χ4v) is 0.834. The van der Waals surface area contributed by atoms with E-state index in [0.29, 0.717) is 4.32 Å². The lowest BCUT2D eigenvalue weighted by atomic mass is 10.7. The molecule has 0 saturated carbocycles. The van der Waals surface area contributed by atoms with Crippen LogP contribution in [0.15, 0.2) is 0 Å². The molecule has 36 valence electrons. The Morgan fingerprint density at radius 3 is 2.71 bits per heavy atom. The van der Waals surface area contributed by atoms with Crippen molar-refractivity contribution >= 4 is 34.2 Å². The first-order chi connectivity index (χ1) is 3.29. The first kappa shape index (κ1) is 5.05. The van der Waals surface area contributed by atoms with Crippen LogP contribution >= 0.6 is 24.0 Å². The third kappa shape index (κ3) is 1.14. The molecule has 0 bridgehead atoms. The van der Waals surface area contributed by atoms with Gasteiger partial charge in [-0.3, -0.25) is 4.79 Å². The number of carbonyl (C=O) groups is 1. The molecule has 1 fully saturated rings. The lowest BCUT2D eigenvalue weighted by Gasteiger charge is -1.81. The summed E-state index contributed by atoms with van der Waals surface area (Å²) in [5.74, 6) is 2.17. The molecular formula is C3HNOS2. The monoisotopic (exact) mass is 131 g/mol. The second-order valence-corrected chi connectivity index (χ2v) is 2.43. The van der Waals surface area contributed by atoms with Crippen molar-refractivity contribution in [2.45, 2.75) is 0 Å². The molecule has 0 unspecified atom stereocenters. The summed E-state index contributed by atoms with van der Waals surface area (Å²) in [4.78, 5) is 10.1. The van der Waals surface area contributed by atoms with E-state index in [4.69, 9.17) is 0 Å². The largest absolute Gasteiger partial charge is 0.310 e. The number of amides is 1. The normalized spacial score (nSPS) is 20.0. The van der Waals surface area contributed by atoms with Crippen LogP contribution in [0.3, 0.4) is 0 Å². The Kier molecular flexibility index (Phi) is 1.30. The summed E-state index contributed by atoms with van der Waals surface area (Å²) in [6.07, 6.45) is 0. The predicted octanol–water partition coefficient (Wildman–Crippen LogP) is 0.173. The van der Waals surface area contributed by atoms with Gasteiger partial charge in [0.25, 0.3) is 0 Å². The van der Waals surface area contributed by atoms with Gasteiger partial charge >= 0.3 is 0 Å². The fraction of sp³-hybridized carbons (Fsp3) is 0. The molecule has 0 aromatic carbocycles. The SMILES string of the molecule is O=C1[C]SC(=S)N1. The Bertz CT molecular complexity index is 108. The molecule has 1 amide bonds. The van der Waals surface area contributed by atoms with Gasteiger partial charge in [0.15, 0.2) is 5.75 Å². The highest BCUT2D eigenvalue weighted by molar-refractivity contribution is 8.25. The molecule has 0 spiro atoms. The number of carbonyl (C=O) groups excluding carboxylic acids is 1. The van der Waals surface area contributed by atoms with Gasteiger partial charge in [0.1, 0.15) is 4.32 Å². The molecule has 1 rings (SSSR count). The molecule has 1 aliphatic rings. The van der Waals surface area contributed by atoms with Gasteiger partial charge in [-0.2, -0.15) is 0 Å². The Hall–Kier alpha value is -0.0900. The Balaban J connectivity index is 2.55. The van der Waals surface area contributed by atoms with E-state index >= 15 is 0 Å². The zero-order valence-corrected chi connectivity index (χ0v) is 4.86. The van der Waals surface area contributed by atoms with Crippen LogP contribution in [0.5, 0.6) is 0 Å². The molecule has 1 heterocycles.